The number of hydrogen-bond acceptors (Lipinski definition) is 2. The molecule has 0 aliphatic heterocycles. The first kappa shape index (κ1) is 13.0. The van der Waals surface area contributed by atoms with Crippen LogP contribution in [0.4, 0.5) is 0 Å². The van der Waals surface area contributed by atoms with Crippen molar-refractivity contribution in [1.29, 1.82) is 0 Å². The van der Waals surface area contributed by atoms with E-state index in [2.05, 4.69) is 37.9 Å². The highest BCUT2D eigenvalue weighted by atomic mass is 16.3. The molecule has 1 aromatic rings. The highest BCUT2D eigenvalue weighted by Crippen LogP contribution is 2.23. The smallest absolute Gasteiger partial charge is 0.121 e. The van der Waals surface area contributed by atoms with Gasteiger partial charge >= 0.3 is 0 Å². The molecule has 90 valence electrons. The number of nitrogens with zero attached hydrogens (tertiary/aromatic N) is 1. The van der Waals surface area contributed by atoms with Gasteiger partial charge in [0.2, 0.25) is 0 Å². The van der Waals surface area contributed by atoms with E-state index in [4.69, 9.17) is 0 Å². The number of aryl methyl sites for hydroxylation is 2. The van der Waals surface area contributed by atoms with Crippen molar-refractivity contribution in [1.82, 2.24) is 4.90 Å². The summed E-state index contributed by atoms with van der Waals surface area (Å²) in [7, 11) is 2.14. The van der Waals surface area contributed by atoms with Crippen LogP contribution in [-0.2, 0) is 6.54 Å². The normalized spacial score (nSPS) is 13.1. The molecule has 0 spiro atoms. The molecule has 0 fully saturated rings. The van der Waals surface area contributed by atoms with Gasteiger partial charge in [-0.3, -0.25) is 4.90 Å². The Morgan fingerprint density at radius 1 is 1.25 bits per heavy atom. The maximum atomic E-state index is 9.71. The van der Waals surface area contributed by atoms with Crippen LogP contribution in [0.25, 0.3) is 0 Å². The molecule has 0 aromatic heterocycles. The molecule has 0 bridgehead atoms. The molecule has 1 N–H and O–H groups in total. The van der Waals surface area contributed by atoms with Crippen molar-refractivity contribution in [2.24, 2.45) is 0 Å². The minimum absolute atomic E-state index is 0.426. The first-order chi connectivity index (χ1) is 7.45. The lowest BCUT2D eigenvalue weighted by molar-refractivity contribution is 0.243. The quantitative estimate of drug-likeness (QED) is 0.843. The Bertz CT molecular complexity index is 337. The summed E-state index contributed by atoms with van der Waals surface area (Å²) < 4.78 is 0. The Hall–Kier alpha value is -1.02. The molecule has 0 radical (unpaired) electrons. The first-order valence-electron chi connectivity index (χ1n) is 5.95. The number of phenols is 1. The number of rotatable bonds is 4. The first-order valence-corrected chi connectivity index (χ1v) is 5.95. The van der Waals surface area contributed by atoms with Gasteiger partial charge in [-0.1, -0.05) is 19.1 Å². The maximum Gasteiger partial charge on any atom is 0.121 e. The van der Waals surface area contributed by atoms with Crippen molar-refractivity contribution in [2.45, 2.75) is 46.7 Å². The van der Waals surface area contributed by atoms with Crippen LogP contribution in [0.2, 0.25) is 0 Å². The van der Waals surface area contributed by atoms with Gasteiger partial charge in [0.15, 0.2) is 0 Å². The van der Waals surface area contributed by atoms with Gasteiger partial charge < -0.3 is 5.11 Å². The molecule has 1 atom stereocenters. The molecule has 0 aliphatic carbocycles. The molecule has 2 nitrogen and oxygen atoms in total. The van der Waals surface area contributed by atoms with E-state index in [0.29, 0.717) is 11.8 Å². The van der Waals surface area contributed by atoms with E-state index < -0.39 is 0 Å². The third-order valence-corrected chi connectivity index (χ3v) is 3.33. The zero-order chi connectivity index (χ0) is 12.3. The van der Waals surface area contributed by atoms with E-state index in [9.17, 15) is 5.11 Å². The maximum absolute atomic E-state index is 9.71. The van der Waals surface area contributed by atoms with E-state index in [0.717, 1.165) is 24.1 Å². The topological polar surface area (TPSA) is 23.5 Å². The third kappa shape index (κ3) is 2.99. The van der Waals surface area contributed by atoms with Crippen LogP contribution in [0.5, 0.6) is 5.75 Å². The van der Waals surface area contributed by atoms with Crippen LogP contribution in [0.15, 0.2) is 12.1 Å². The molecule has 1 unspecified atom stereocenters. The van der Waals surface area contributed by atoms with Gasteiger partial charge in [0, 0.05) is 12.6 Å². The van der Waals surface area contributed by atoms with Crippen molar-refractivity contribution in [3.63, 3.8) is 0 Å². The summed E-state index contributed by atoms with van der Waals surface area (Å²) in [5, 5.41) is 9.71. The highest BCUT2D eigenvalue weighted by Gasteiger charge is 2.09. The Balaban J connectivity index is 2.82. The van der Waals surface area contributed by atoms with Crippen molar-refractivity contribution >= 4 is 0 Å². The average molecular weight is 221 g/mol. The lowest BCUT2D eigenvalue weighted by Crippen LogP contribution is -2.27. The molecule has 16 heavy (non-hydrogen) atoms. The van der Waals surface area contributed by atoms with Gasteiger partial charge in [-0.25, -0.2) is 0 Å². The van der Waals surface area contributed by atoms with E-state index in [-0.39, 0.29) is 0 Å². The Morgan fingerprint density at radius 3 is 2.19 bits per heavy atom. The van der Waals surface area contributed by atoms with Crippen LogP contribution >= 0.6 is 0 Å². The Morgan fingerprint density at radius 2 is 1.75 bits per heavy atom. The molecule has 0 saturated heterocycles. The predicted molar refractivity (Wildman–Crippen MR) is 68.8 cm³/mol. The van der Waals surface area contributed by atoms with Gasteiger partial charge in [-0.15, -0.1) is 0 Å². The van der Waals surface area contributed by atoms with Gasteiger partial charge in [0.1, 0.15) is 5.75 Å². The summed E-state index contributed by atoms with van der Waals surface area (Å²) in [5.74, 6) is 0.426. The highest BCUT2D eigenvalue weighted by molar-refractivity contribution is 5.42. The molecule has 1 rings (SSSR count). The van der Waals surface area contributed by atoms with E-state index in [1.54, 1.807) is 0 Å². The van der Waals surface area contributed by atoms with E-state index in [1.807, 2.05) is 13.8 Å². The van der Waals surface area contributed by atoms with Crippen LogP contribution in [0, 0.1) is 13.8 Å². The molecule has 2 heteroatoms. The molecular weight excluding hydrogens is 198 g/mol. The zero-order valence-electron chi connectivity index (χ0n) is 11.0. The van der Waals surface area contributed by atoms with Gasteiger partial charge in [0.25, 0.3) is 0 Å². The Kier molecular flexibility index (Phi) is 4.36. The second-order valence-corrected chi connectivity index (χ2v) is 4.75. The summed E-state index contributed by atoms with van der Waals surface area (Å²) >= 11 is 0. The fourth-order valence-electron chi connectivity index (χ4n) is 1.89. The molecule has 1 aromatic carbocycles. The van der Waals surface area contributed by atoms with Crippen LogP contribution in [0.1, 0.15) is 37.0 Å². The minimum atomic E-state index is 0.426. The molecular formula is C14H23NO. The lowest BCUT2D eigenvalue weighted by atomic mass is 10.0. The largest absolute Gasteiger partial charge is 0.507 e. The summed E-state index contributed by atoms with van der Waals surface area (Å²) in [6.45, 7) is 9.29. The number of benzene rings is 1. The fourth-order valence-corrected chi connectivity index (χ4v) is 1.89. The van der Waals surface area contributed by atoms with Crippen molar-refractivity contribution in [2.75, 3.05) is 7.05 Å². The van der Waals surface area contributed by atoms with Crippen molar-refractivity contribution in [3.8, 4) is 5.75 Å². The summed E-state index contributed by atoms with van der Waals surface area (Å²) in [5.41, 5.74) is 3.20. The van der Waals surface area contributed by atoms with Gasteiger partial charge in [0.05, 0.1) is 0 Å². The van der Waals surface area contributed by atoms with Crippen molar-refractivity contribution < 1.29 is 5.11 Å². The fraction of sp³-hybridized carbons (Fsp3) is 0.571. The third-order valence-electron chi connectivity index (χ3n) is 3.33. The van der Waals surface area contributed by atoms with E-state index in [1.165, 1.54) is 5.56 Å². The standard InChI is InChI=1S/C14H23NO/c1-6-12(4)15(5)9-13-7-10(2)14(16)11(3)8-13/h7-8,12,16H,6,9H2,1-5H3. The number of phenolic OH excluding ortho intramolecular Hbond substituents is 1. The van der Waals surface area contributed by atoms with Crippen LogP contribution in [-0.4, -0.2) is 23.1 Å². The molecule has 0 heterocycles. The second-order valence-electron chi connectivity index (χ2n) is 4.75. The Labute approximate surface area is 98.9 Å². The molecule has 0 saturated carbocycles. The summed E-state index contributed by atoms with van der Waals surface area (Å²) in [6, 6.07) is 4.73. The SMILES string of the molecule is CCC(C)N(C)Cc1cc(C)c(O)c(C)c1. The minimum Gasteiger partial charge on any atom is -0.507 e. The number of aromatic hydroxyl groups is 1. The molecule has 0 aliphatic rings. The zero-order valence-corrected chi connectivity index (χ0v) is 11.0. The van der Waals surface area contributed by atoms with Gasteiger partial charge in [-0.05, 0) is 50.9 Å². The van der Waals surface area contributed by atoms with E-state index >= 15 is 0 Å². The molecule has 0 amide bonds. The number of hydrogen-bond donors (Lipinski definition) is 1. The monoisotopic (exact) mass is 221 g/mol. The summed E-state index contributed by atoms with van der Waals surface area (Å²) in [4.78, 5) is 2.34. The van der Waals surface area contributed by atoms with Crippen LogP contribution < -0.4 is 0 Å². The average Bonchev–Trinajstić information content (AvgIpc) is 2.24. The second kappa shape index (κ2) is 5.35. The van der Waals surface area contributed by atoms with Crippen LogP contribution in [0.3, 0.4) is 0 Å². The lowest BCUT2D eigenvalue weighted by Gasteiger charge is -2.24. The van der Waals surface area contributed by atoms with Gasteiger partial charge in [-0.2, -0.15) is 0 Å². The predicted octanol–water partition coefficient (Wildman–Crippen LogP) is 3.24. The van der Waals surface area contributed by atoms with Crippen molar-refractivity contribution in [3.05, 3.63) is 28.8 Å². The summed E-state index contributed by atoms with van der Waals surface area (Å²) in [6.07, 6.45) is 1.16.